The first-order valence-electron chi connectivity index (χ1n) is 6.05. The van der Waals surface area contributed by atoms with E-state index in [9.17, 15) is 0 Å². The molecule has 3 aliphatic heterocycles. The van der Waals surface area contributed by atoms with Crippen LogP contribution in [0.25, 0.3) is 0 Å². The van der Waals surface area contributed by atoms with Crippen LogP contribution in [0.2, 0.25) is 0 Å². The van der Waals surface area contributed by atoms with Crippen LogP contribution < -0.4 is 0 Å². The SMILES string of the molecule is CC(C)(C)N1CC(N2CC3(CSC3)C2)C1. The van der Waals surface area contributed by atoms with Gasteiger partial charge in [0, 0.05) is 54.7 Å². The third kappa shape index (κ3) is 1.63. The van der Waals surface area contributed by atoms with Crippen LogP contribution in [-0.2, 0) is 0 Å². The quantitative estimate of drug-likeness (QED) is 0.669. The highest BCUT2D eigenvalue weighted by Gasteiger charge is 2.52. The Morgan fingerprint density at radius 1 is 1.13 bits per heavy atom. The molecule has 0 amide bonds. The molecule has 0 aliphatic carbocycles. The van der Waals surface area contributed by atoms with Crippen molar-refractivity contribution < 1.29 is 0 Å². The molecule has 0 bridgehead atoms. The molecule has 0 unspecified atom stereocenters. The van der Waals surface area contributed by atoms with Gasteiger partial charge in [0.2, 0.25) is 0 Å². The number of hydrogen-bond donors (Lipinski definition) is 0. The Balaban J connectivity index is 1.45. The van der Waals surface area contributed by atoms with Crippen molar-refractivity contribution in [1.82, 2.24) is 9.80 Å². The standard InChI is InChI=1S/C12H22N2S/c1-11(2,3)14-4-10(5-14)13-6-12(7-13)8-15-9-12/h10H,4-9H2,1-3H3. The van der Waals surface area contributed by atoms with Gasteiger partial charge in [-0.15, -0.1) is 0 Å². The summed E-state index contributed by atoms with van der Waals surface area (Å²) in [5.41, 5.74) is 1.15. The van der Waals surface area contributed by atoms with E-state index in [1.54, 1.807) is 0 Å². The summed E-state index contributed by atoms with van der Waals surface area (Å²) in [4.78, 5) is 5.31. The van der Waals surface area contributed by atoms with Gasteiger partial charge in [0.1, 0.15) is 0 Å². The molecule has 0 atom stereocenters. The Kier molecular flexibility index (Phi) is 2.19. The third-order valence-corrected chi connectivity index (χ3v) is 5.85. The van der Waals surface area contributed by atoms with Gasteiger partial charge in [-0.25, -0.2) is 0 Å². The summed E-state index contributed by atoms with van der Waals surface area (Å²) in [7, 11) is 0. The van der Waals surface area contributed by atoms with Crippen molar-refractivity contribution in [3.05, 3.63) is 0 Å². The van der Waals surface area contributed by atoms with E-state index in [-0.39, 0.29) is 0 Å². The van der Waals surface area contributed by atoms with E-state index in [1.165, 1.54) is 37.7 Å². The molecular weight excluding hydrogens is 204 g/mol. The molecule has 0 aromatic carbocycles. The molecule has 3 heteroatoms. The fourth-order valence-corrected chi connectivity index (χ4v) is 4.03. The Hall–Kier alpha value is 0.270. The lowest BCUT2D eigenvalue weighted by atomic mass is 9.80. The van der Waals surface area contributed by atoms with Gasteiger partial charge in [-0.05, 0) is 20.8 Å². The molecule has 3 rings (SSSR count). The van der Waals surface area contributed by atoms with E-state index in [0.717, 1.165) is 11.5 Å². The normalized spacial score (nSPS) is 32.2. The average molecular weight is 226 g/mol. The highest BCUT2D eigenvalue weighted by Crippen LogP contribution is 2.46. The molecule has 3 heterocycles. The van der Waals surface area contributed by atoms with Crippen LogP contribution in [0.5, 0.6) is 0 Å². The molecule has 0 saturated carbocycles. The predicted octanol–water partition coefficient (Wildman–Crippen LogP) is 1.52. The van der Waals surface area contributed by atoms with Crippen molar-refractivity contribution in [2.75, 3.05) is 37.7 Å². The molecule has 3 saturated heterocycles. The van der Waals surface area contributed by atoms with Gasteiger partial charge in [-0.3, -0.25) is 9.80 Å². The maximum absolute atomic E-state index is 2.71. The van der Waals surface area contributed by atoms with Gasteiger partial charge in [0.05, 0.1) is 0 Å². The molecule has 0 aromatic heterocycles. The number of likely N-dealkylation sites (tertiary alicyclic amines) is 2. The van der Waals surface area contributed by atoms with E-state index in [2.05, 4.69) is 42.3 Å². The van der Waals surface area contributed by atoms with Crippen LogP contribution in [-0.4, -0.2) is 59.1 Å². The second kappa shape index (κ2) is 3.14. The number of hydrogen-bond acceptors (Lipinski definition) is 3. The zero-order valence-electron chi connectivity index (χ0n) is 10.1. The smallest absolute Gasteiger partial charge is 0.0351 e. The summed E-state index contributed by atoms with van der Waals surface area (Å²) in [5.74, 6) is 2.86. The van der Waals surface area contributed by atoms with Gasteiger partial charge in [0.15, 0.2) is 0 Å². The molecule has 0 N–H and O–H groups in total. The topological polar surface area (TPSA) is 6.48 Å². The summed E-state index contributed by atoms with van der Waals surface area (Å²) in [5, 5.41) is 0. The molecular formula is C12H22N2S. The van der Waals surface area contributed by atoms with Crippen LogP contribution in [0.3, 0.4) is 0 Å². The summed E-state index contributed by atoms with van der Waals surface area (Å²) < 4.78 is 0. The third-order valence-electron chi connectivity index (χ3n) is 4.22. The van der Waals surface area contributed by atoms with Crippen molar-refractivity contribution in [1.29, 1.82) is 0 Å². The largest absolute Gasteiger partial charge is 0.297 e. The van der Waals surface area contributed by atoms with Crippen molar-refractivity contribution in [3.8, 4) is 0 Å². The summed E-state index contributed by atoms with van der Waals surface area (Å²) in [6.45, 7) is 12.3. The molecule has 86 valence electrons. The fourth-order valence-electron chi connectivity index (χ4n) is 2.88. The highest BCUT2D eigenvalue weighted by atomic mass is 32.2. The lowest BCUT2D eigenvalue weighted by Gasteiger charge is -2.62. The zero-order chi connectivity index (χ0) is 10.7. The first kappa shape index (κ1) is 10.4. The Labute approximate surface area is 97.4 Å². The fraction of sp³-hybridized carbons (Fsp3) is 1.00. The summed E-state index contributed by atoms with van der Waals surface area (Å²) >= 11 is 2.13. The second-order valence-corrected chi connectivity index (χ2v) is 7.61. The van der Waals surface area contributed by atoms with Crippen LogP contribution in [0.1, 0.15) is 20.8 Å². The van der Waals surface area contributed by atoms with Gasteiger partial charge in [-0.1, -0.05) is 0 Å². The first-order valence-corrected chi connectivity index (χ1v) is 7.21. The molecule has 2 nitrogen and oxygen atoms in total. The van der Waals surface area contributed by atoms with E-state index < -0.39 is 0 Å². The Morgan fingerprint density at radius 2 is 1.73 bits per heavy atom. The van der Waals surface area contributed by atoms with Gasteiger partial charge < -0.3 is 0 Å². The summed E-state index contributed by atoms with van der Waals surface area (Å²) in [6.07, 6.45) is 0. The minimum absolute atomic E-state index is 0.380. The van der Waals surface area contributed by atoms with Crippen molar-refractivity contribution in [2.45, 2.75) is 32.4 Å². The highest BCUT2D eigenvalue weighted by molar-refractivity contribution is 8.00. The van der Waals surface area contributed by atoms with E-state index in [0.29, 0.717) is 5.54 Å². The van der Waals surface area contributed by atoms with E-state index in [4.69, 9.17) is 0 Å². The van der Waals surface area contributed by atoms with Crippen molar-refractivity contribution in [2.24, 2.45) is 5.41 Å². The lowest BCUT2D eigenvalue weighted by molar-refractivity contribution is -0.0891. The number of rotatable bonds is 1. The monoisotopic (exact) mass is 226 g/mol. The average Bonchev–Trinajstić information content (AvgIpc) is 1.82. The zero-order valence-corrected chi connectivity index (χ0v) is 10.9. The summed E-state index contributed by atoms with van der Waals surface area (Å²) in [6, 6.07) is 0.875. The van der Waals surface area contributed by atoms with Gasteiger partial charge in [-0.2, -0.15) is 11.8 Å². The van der Waals surface area contributed by atoms with Crippen molar-refractivity contribution >= 4 is 11.8 Å². The van der Waals surface area contributed by atoms with Crippen LogP contribution in [0.15, 0.2) is 0 Å². The van der Waals surface area contributed by atoms with Crippen molar-refractivity contribution in [3.63, 3.8) is 0 Å². The van der Waals surface area contributed by atoms with E-state index in [1.807, 2.05) is 0 Å². The molecule has 0 radical (unpaired) electrons. The van der Waals surface area contributed by atoms with Gasteiger partial charge in [0.25, 0.3) is 0 Å². The lowest BCUT2D eigenvalue weighted by Crippen LogP contribution is -2.73. The number of thioether (sulfide) groups is 1. The van der Waals surface area contributed by atoms with E-state index >= 15 is 0 Å². The first-order chi connectivity index (χ1) is 6.99. The number of nitrogens with zero attached hydrogens (tertiary/aromatic N) is 2. The molecule has 15 heavy (non-hydrogen) atoms. The Morgan fingerprint density at radius 3 is 2.13 bits per heavy atom. The molecule has 0 aromatic rings. The van der Waals surface area contributed by atoms with Crippen LogP contribution in [0, 0.1) is 5.41 Å². The maximum atomic E-state index is 2.71. The predicted molar refractivity (Wildman–Crippen MR) is 66.4 cm³/mol. The molecule has 3 fully saturated rings. The van der Waals surface area contributed by atoms with Gasteiger partial charge >= 0.3 is 0 Å². The molecule has 3 aliphatic rings. The maximum Gasteiger partial charge on any atom is 0.0351 e. The Bertz CT molecular complexity index is 253. The van der Waals surface area contributed by atoms with Crippen LogP contribution in [0.4, 0.5) is 0 Å². The second-order valence-electron chi connectivity index (χ2n) is 6.63. The molecule has 1 spiro atoms. The minimum atomic E-state index is 0.380. The minimum Gasteiger partial charge on any atom is -0.297 e. The van der Waals surface area contributed by atoms with Crippen LogP contribution >= 0.6 is 11.8 Å².